The third kappa shape index (κ3) is 3.41. The van der Waals surface area contributed by atoms with E-state index in [2.05, 4.69) is 74.6 Å². The molecule has 20 heavy (non-hydrogen) atoms. The van der Waals surface area contributed by atoms with E-state index in [9.17, 15) is 0 Å². The van der Waals surface area contributed by atoms with Gasteiger partial charge in [0, 0.05) is 5.69 Å². The molecule has 0 radical (unpaired) electrons. The second-order valence-corrected chi connectivity index (χ2v) is 5.21. The first-order chi connectivity index (χ1) is 9.78. The number of aryl methyl sites for hydroxylation is 2. The Morgan fingerprint density at radius 2 is 1.55 bits per heavy atom. The highest BCUT2D eigenvalue weighted by molar-refractivity contribution is 5.52. The van der Waals surface area contributed by atoms with Crippen LogP contribution in [0.15, 0.2) is 48.5 Å². The van der Waals surface area contributed by atoms with Crippen molar-refractivity contribution >= 4 is 5.69 Å². The maximum Gasteiger partial charge on any atom is 0.0511 e. The van der Waals surface area contributed by atoms with Crippen LogP contribution in [0.2, 0.25) is 0 Å². The lowest BCUT2D eigenvalue weighted by atomic mass is 10.0. The van der Waals surface area contributed by atoms with Gasteiger partial charge in [-0.15, -0.1) is 0 Å². The number of hydrogen-bond donors (Lipinski definition) is 1. The van der Waals surface area contributed by atoms with E-state index in [1.165, 1.54) is 22.4 Å². The second kappa shape index (κ2) is 7.14. The lowest BCUT2D eigenvalue weighted by molar-refractivity contribution is 0.747. The van der Waals surface area contributed by atoms with Gasteiger partial charge in [0.2, 0.25) is 0 Å². The van der Waals surface area contributed by atoms with Crippen LogP contribution in [0.4, 0.5) is 5.69 Å². The predicted octanol–water partition coefficient (Wildman–Crippen LogP) is 5.37. The molecule has 0 aliphatic carbocycles. The number of rotatable bonds is 6. The lowest BCUT2D eigenvalue weighted by Crippen LogP contribution is -2.11. The molecule has 2 aromatic rings. The van der Waals surface area contributed by atoms with Gasteiger partial charge in [-0.1, -0.05) is 63.2 Å². The van der Waals surface area contributed by atoms with Crippen molar-refractivity contribution in [2.24, 2.45) is 0 Å². The molecule has 0 saturated carbocycles. The van der Waals surface area contributed by atoms with Gasteiger partial charge in [0.05, 0.1) is 6.04 Å². The number of para-hydroxylation sites is 1. The van der Waals surface area contributed by atoms with Gasteiger partial charge in [0.15, 0.2) is 0 Å². The molecule has 0 aliphatic heterocycles. The van der Waals surface area contributed by atoms with E-state index in [-0.39, 0.29) is 0 Å². The summed E-state index contributed by atoms with van der Waals surface area (Å²) in [5.41, 5.74) is 5.42. The summed E-state index contributed by atoms with van der Waals surface area (Å²) < 4.78 is 0. The highest BCUT2D eigenvalue weighted by Gasteiger charge is 2.10. The average molecular weight is 267 g/mol. The van der Waals surface area contributed by atoms with Crippen LogP contribution in [0, 0.1) is 0 Å². The van der Waals surface area contributed by atoms with E-state index in [1.807, 2.05) is 0 Å². The fraction of sp³-hybridized carbons (Fsp3) is 0.368. The molecule has 1 N–H and O–H groups in total. The normalized spacial score (nSPS) is 12.2. The third-order valence-electron chi connectivity index (χ3n) is 3.93. The topological polar surface area (TPSA) is 12.0 Å². The molecule has 0 bridgehead atoms. The molecule has 0 spiro atoms. The van der Waals surface area contributed by atoms with Crippen molar-refractivity contribution in [1.82, 2.24) is 0 Å². The highest BCUT2D eigenvalue weighted by atomic mass is 14.9. The average Bonchev–Trinajstić information content (AvgIpc) is 2.53. The van der Waals surface area contributed by atoms with E-state index in [0.717, 1.165) is 19.3 Å². The fourth-order valence-electron chi connectivity index (χ4n) is 2.56. The van der Waals surface area contributed by atoms with Gasteiger partial charge in [-0.05, 0) is 42.0 Å². The van der Waals surface area contributed by atoms with Gasteiger partial charge >= 0.3 is 0 Å². The summed E-state index contributed by atoms with van der Waals surface area (Å²) in [6.07, 6.45) is 3.25. The molecule has 1 unspecified atom stereocenters. The number of benzene rings is 2. The van der Waals surface area contributed by atoms with Gasteiger partial charge in [0.25, 0.3) is 0 Å². The third-order valence-corrected chi connectivity index (χ3v) is 3.93. The van der Waals surface area contributed by atoms with Crippen molar-refractivity contribution in [2.75, 3.05) is 5.32 Å². The van der Waals surface area contributed by atoms with Crippen LogP contribution in [0.1, 0.15) is 49.9 Å². The molecule has 0 saturated heterocycles. The molecule has 0 heterocycles. The van der Waals surface area contributed by atoms with Gasteiger partial charge in [-0.25, -0.2) is 0 Å². The summed E-state index contributed by atoms with van der Waals surface area (Å²) in [4.78, 5) is 0. The van der Waals surface area contributed by atoms with Crippen LogP contribution in [0.3, 0.4) is 0 Å². The van der Waals surface area contributed by atoms with Crippen molar-refractivity contribution in [1.29, 1.82) is 0 Å². The first-order valence-electron chi connectivity index (χ1n) is 7.71. The maximum absolute atomic E-state index is 3.70. The van der Waals surface area contributed by atoms with Crippen LogP contribution >= 0.6 is 0 Å². The van der Waals surface area contributed by atoms with Gasteiger partial charge < -0.3 is 5.32 Å². The number of nitrogens with one attached hydrogen (secondary N) is 1. The first kappa shape index (κ1) is 14.6. The summed E-state index contributed by atoms with van der Waals surface area (Å²) in [6, 6.07) is 18.0. The minimum absolute atomic E-state index is 0.383. The van der Waals surface area contributed by atoms with Crippen LogP contribution in [-0.2, 0) is 12.8 Å². The summed E-state index contributed by atoms with van der Waals surface area (Å²) >= 11 is 0. The number of hydrogen-bond acceptors (Lipinski definition) is 1. The predicted molar refractivity (Wildman–Crippen MR) is 88.3 cm³/mol. The van der Waals surface area contributed by atoms with E-state index in [0.29, 0.717) is 6.04 Å². The van der Waals surface area contributed by atoms with E-state index in [1.54, 1.807) is 0 Å². The quantitative estimate of drug-likeness (QED) is 0.741. The molecule has 1 atom stereocenters. The van der Waals surface area contributed by atoms with Crippen molar-refractivity contribution in [3.05, 3.63) is 65.2 Å². The zero-order valence-corrected chi connectivity index (χ0v) is 12.8. The van der Waals surface area contributed by atoms with E-state index >= 15 is 0 Å². The van der Waals surface area contributed by atoms with Crippen molar-refractivity contribution in [2.45, 2.75) is 46.1 Å². The highest BCUT2D eigenvalue weighted by Crippen LogP contribution is 2.25. The molecule has 1 heteroatoms. The standard InChI is InChI=1S/C19H25N/c1-4-15-11-13-17(14-12-15)18(6-3)20-19-10-8-7-9-16(19)5-2/h7-14,18,20H,4-6H2,1-3H3. The Kier molecular flexibility index (Phi) is 5.23. The Hall–Kier alpha value is -1.76. The SMILES string of the molecule is CCc1ccc(C(CC)Nc2ccccc2CC)cc1. The second-order valence-electron chi connectivity index (χ2n) is 5.21. The van der Waals surface area contributed by atoms with Gasteiger partial charge in [-0.2, -0.15) is 0 Å². The Morgan fingerprint density at radius 3 is 2.15 bits per heavy atom. The minimum Gasteiger partial charge on any atom is -0.378 e. The molecule has 106 valence electrons. The monoisotopic (exact) mass is 267 g/mol. The molecule has 2 rings (SSSR count). The molecule has 0 amide bonds. The summed E-state index contributed by atoms with van der Waals surface area (Å²) in [6.45, 7) is 6.64. The van der Waals surface area contributed by atoms with Crippen LogP contribution in [-0.4, -0.2) is 0 Å². The van der Waals surface area contributed by atoms with Crippen LogP contribution < -0.4 is 5.32 Å². The molecule has 1 nitrogen and oxygen atoms in total. The summed E-state index contributed by atoms with van der Waals surface area (Å²) in [5.74, 6) is 0. The molecule has 0 aromatic heterocycles. The molecule has 0 aliphatic rings. The van der Waals surface area contributed by atoms with E-state index in [4.69, 9.17) is 0 Å². The molecule has 2 aromatic carbocycles. The Bertz CT molecular complexity index is 528. The van der Waals surface area contributed by atoms with Crippen LogP contribution in [0.5, 0.6) is 0 Å². The first-order valence-corrected chi connectivity index (χ1v) is 7.71. The lowest BCUT2D eigenvalue weighted by Gasteiger charge is -2.21. The van der Waals surface area contributed by atoms with Crippen molar-refractivity contribution in [3.8, 4) is 0 Å². The Labute approximate surface area is 123 Å². The van der Waals surface area contributed by atoms with Crippen LogP contribution in [0.25, 0.3) is 0 Å². The van der Waals surface area contributed by atoms with Crippen molar-refractivity contribution < 1.29 is 0 Å². The van der Waals surface area contributed by atoms with E-state index < -0.39 is 0 Å². The minimum atomic E-state index is 0.383. The Morgan fingerprint density at radius 1 is 0.850 bits per heavy atom. The fourth-order valence-corrected chi connectivity index (χ4v) is 2.56. The molecular formula is C19H25N. The maximum atomic E-state index is 3.70. The van der Waals surface area contributed by atoms with Gasteiger partial charge in [0.1, 0.15) is 0 Å². The van der Waals surface area contributed by atoms with Gasteiger partial charge in [-0.3, -0.25) is 0 Å². The zero-order valence-electron chi connectivity index (χ0n) is 12.8. The van der Waals surface area contributed by atoms with Crippen molar-refractivity contribution in [3.63, 3.8) is 0 Å². The summed E-state index contributed by atoms with van der Waals surface area (Å²) in [7, 11) is 0. The smallest absolute Gasteiger partial charge is 0.0511 e. The Balaban J connectivity index is 2.19. The molecular weight excluding hydrogens is 242 g/mol. The summed E-state index contributed by atoms with van der Waals surface area (Å²) in [5, 5.41) is 3.70. The number of anilines is 1. The zero-order chi connectivity index (χ0) is 14.4. The molecule has 0 fully saturated rings. The largest absolute Gasteiger partial charge is 0.378 e.